The Bertz CT molecular complexity index is 625. The highest BCUT2D eigenvalue weighted by Gasteiger charge is 2.13. The van der Waals surface area contributed by atoms with Crippen molar-refractivity contribution in [2.24, 2.45) is 5.73 Å². The van der Waals surface area contributed by atoms with Crippen LogP contribution in [0, 0.1) is 0 Å². The van der Waals surface area contributed by atoms with Gasteiger partial charge in [0.2, 0.25) is 0 Å². The van der Waals surface area contributed by atoms with Crippen LogP contribution in [0.4, 0.5) is 0 Å². The zero-order valence-electron chi connectivity index (χ0n) is 14.5. The Morgan fingerprint density at radius 2 is 1.83 bits per heavy atom. The van der Waals surface area contributed by atoms with Crippen LogP contribution in [-0.4, -0.2) is 25.4 Å². The number of nitrogens with two attached hydrogens (primary N) is 1. The predicted molar refractivity (Wildman–Crippen MR) is 97.0 cm³/mol. The van der Waals surface area contributed by atoms with Crippen LogP contribution in [0.25, 0.3) is 0 Å². The first-order valence-corrected chi connectivity index (χ1v) is 8.46. The average Bonchev–Trinajstić information content (AvgIpc) is 2.61. The topological polar surface area (TPSA) is 64.7 Å². The van der Waals surface area contributed by atoms with Gasteiger partial charge < -0.3 is 20.3 Å². The second-order valence-corrected chi connectivity index (χ2v) is 5.92. The van der Waals surface area contributed by atoms with E-state index in [2.05, 4.69) is 13.0 Å². The molecule has 2 rings (SSSR count). The van der Waals surface area contributed by atoms with E-state index in [9.17, 15) is 5.11 Å². The summed E-state index contributed by atoms with van der Waals surface area (Å²) in [7, 11) is 1.65. The van der Waals surface area contributed by atoms with E-state index >= 15 is 0 Å². The van der Waals surface area contributed by atoms with Gasteiger partial charge in [0.05, 0.1) is 13.7 Å². The zero-order valence-corrected chi connectivity index (χ0v) is 14.5. The maximum absolute atomic E-state index is 9.44. The van der Waals surface area contributed by atoms with Crippen molar-refractivity contribution in [1.82, 2.24) is 0 Å². The third-order valence-electron chi connectivity index (χ3n) is 4.11. The van der Waals surface area contributed by atoms with Gasteiger partial charge in [0.15, 0.2) is 11.5 Å². The molecule has 3 N–H and O–H groups in total. The van der Waals surface area contributed by atoms with Crippen LogP contribution in [0.15, 0.2) is 42.5 Å². The molecule has 0 aliphatic rings. The van der Waals surface area contributed by atoms with E-state index in [1.165, 1.54) is 0 Å². The second-order valence-electron chi connectivity index (χ2n) is 5.92. The van der Waals surface area contributed by atoms with Gasteiger partial charge in [-0.2, -0.15) is 0 Å². The predicted octanol–water partition coefficient (Wildman–Crippen LogP) is 3.86. The molecule has 0 bridgehead atoms. The highest BCUT2D eigenvalue weighted by atomic mass is 16.5. The molecule has 0 radical (unpaired) electrons. The SMILES string of the molecule is CCCCOc1cc(CC(CN)c2ccc(O)cc2)ccc1OC. The molecular formula is C20H27NO3. The summed E-state index contributed by atoms with van der Waals surface area (Å²) >= 11 is 0. The summed E-state index contributed by atoms with van der Waals surface area (Å²) in [6, 6.07) is 13.3. The van der Waals surface area contributed by atoms with Crippen molar-refractivity contribution in [3.8, 4) is 17.2 Å². The highest BCUT2D eigenvalue weighted by molar-refractivity contribution is 5.43. The van der Waals surface area contributed by atoms with Crippen LogP contribution in [0.2, 0.25) is 0 Å². The fourth-order valence-corrected chi connectivity index (χ4v) is 2.66. The third kappa shape index (κ3) is 4.90. The number of phenols is 1. The van der Waals surface area contributed by atoms with Crippen molar-refractivity contribution < 1.29 is 14.6 Å². The number of hydrogen-bond acceptors (Lipinski definition) is 4. The Kier molecular flexibility index (Phi) is 6.94. The lowest BCUT2D eigenvalue weighted by atomic mass is 9.92. The van der Waals surface area contributed by atoms with Gasteiger partial charge in [0.25, 0.3) is 0 Å². The van der Waals surface area contributed by atoms with E-state index in [4.69, 9.17) is 15.2 Å². The molecule has 0 aliphatic heterocycles. The first kappa shape index (κ1) is 18.1. The highest BCUT2D eigenvalue weighted by Crippen LogP contribution is 2.31. The lowest BCUT2D eigenvalue weighted by Gasteiger charge is -2.17. The number of aromatic hydroxyl groups is 1. The standard InChI is InChI=1S/C20H27NO3/c1-3-4-11-24-20-13-15(5-10-19(20)23-2)12-17(14-21)16-6-8-18(22)9-7-16/h5-10,13,17,22H,3-4,11-12,14,21H2,1-2H3. The first-order valence-electron chi connectivity index (χ1n) is 8.46. The zero-order chi connectivity index (χ0) is 17.4. The van der Waals surface area contributed by atoms with Crippen LogP contribution >= 0.6 is 0 Å². The summed E-state index contributed by atoms with van der Waals surface area (Å²) in [6.45, 7) is 3.37. The quantitative estimate of drug-likeness (QED) is 0.686. The number of unbranched alkanes of at least 4 members (excludes halogenated alkanes) is 1. The van der Waals surface area contributed by atoms with Crippen LogP contribution in [0.5, 0.6) is 17.2 Å². The molecule has 4 heteroatoms. The molecule has 0 saturated carbocycles. The number of benzene rings is 2. The number of ether oxygens (including phenoxy) is 2. The molecule has 2 aromatic rings. The molecule has 0 fully saturated rings. The molecule has 0 amide bonds. The summed E-state index contributed by atoms with van der Waals surface area (Å²) in [5, 5.41) is 9.44. The van der Waals surface area contributed by atoms with Crippen molar-refractivity contribution in [3.05, 3.63) is 53.6 Å². The van der Waals surface area contributed by atoms with Gasteiger partial charge in [-0.15, -0.1) is 0 Å². The van der Waals surface area contributed by atoms with Crippen LogP contribution in [-0.2, 0) is 6.42 Å². The molecule has 0 aliphatic carbocycles. The minimum atomic E-state index is 0.197. The van der Waals surface area contributed by atoms with Crippen LogP contribution in [0.1, 0.15) is 36.8 Å². The van der Waals surface area contributed by atoms with Crippen molar-refractivity contribution in [1.29, 1.82) is 0 Å². The number of phenolic OH excluding ortho intramolecular Hbond substituents is 1. The fourth-order valence-electron chi connectivity index (χ4n) is 2.66. The molecule has 0 saturated heterocycles. The summed E-state index contributed by atoms with van der Waals surface area (Å²) in [6.07, 6.45) is 2.93. The van der Waals surface area contributed by atoms with Gasteiger partial charge in [0.1, 0.15) is 5.75 Å². The van der Waals surface area contributed by atoms with E-state index < -0.39 is 0 Å². The lowest BCUT2D eigenvalue weighted by Crippen LogP contribution is -2.15. The minimum absolute atomic E-state index is 0.197. The van der Waals surface area contributed by atoms with Crippen LogP contribution < -0.4 is 15.2 Å². The van der Waals surface area contributed by atoms with Gasteiger partial charge in [-0.05, 0) is 54.8 Å². The molecule has 24 heavy (non-hydrogen) atoms. The van der Waals surface area contributed by atoms with Gasteiger partial charge in [-0.3, -0.25) is 0 Å². The number of methoxy groups -OCH3 is 1. The molecule has 1 unspecified atom stereocenters. The first-order chi connectivity index (χ1) is 11.7. The molecule has 0 aromatic heterocycles. The number of rotatable bonds is 9. The summed E-state index contributed by atoms with van der Waals surface area (Å²) in [5.74, 6) is 2.00. The Morgan fingerprint density at radius 3 is 2.46 bits per heavy atom. The van der Waals surface area contributed by atoms with Crippen molar-refractivity contribution in [2.45, 2.75) is 32.1 Å². The Hall–Kier alpha value is -2.20. The van der Waals surface area contributed by atoms with Gasteiger partial charge >= 0.3 is 0 Å². The lowest BCUT2D eigenvalue weighted by molar-refractivity contribution is 0.288. The monoisotopic (exact) mass is 329 g/mol. The van der Waals surface area contributed by atoms with Gasteiger partial charge in [0, 0.05) is 5.92 Å². The Labute approximate surface area is 144 Å². The number of hydrogen-bond donors (Lipinski definition) is 2. The normalized spacial score (nSPS) is 12.0. The van der Waals surface area contributed by atoms with Crippen molar-refractivity contribution in [2.75, 3.05) is 20.3 Å². The molecule has 1 atom stereocenters. The summed E-state index contributed by atoms with van der Waals surface area (Å²) < 4.78 is 11.2. The molecule has 130 valence electrons. The van der Waals surface area contributed by atoms with Gasteiger partial charge in [-0.25, -0.2) is 0 Å². The van der Waals surface area contributed by atoms with Crippen LogP contribution in [0.3, 0.4) is 0 Å². The maximum Gasteiger partial charge on any atom is 0.161 e. The maximum atomic E-state index is 9.44. The van der Waals surface area contributed by atoms with E-state index in [-0.39, 0.29) is 11.7 Å². The van der Waals surface area contributed by atoms with Crippen molar-refractivity contribution in [3.63, 3.8) is 0 Å². The van der Waals surface area contributed by atoms with E-state index in [1.807, 2.05) is 24.3 Å². The molecule has 2 aromatic carbocycles. The van der Waals surface area contributed by atoms with E-state index in [0.717, 1.165) is 41.9 Å². The molecular weight excluding hydrogens is 302 g/mol. The molecule has 0 heterocycles. The summed E-state index contributed by atoms with van der Waals surface area (Å²) in [4.78, 5) is 0. The largest absolute Gasteiger partial charge is 0.508 e. The smallest absolute Gasteiger partial charge is 0.161 e. The minimum Gasteiger partial charge on any atom is -0.508 e. The second kappa shape index (κ2) is 9.18. The van der Waals surface area contributed by atoms with E-state index in [0.29, 0.717) is 13.2 Å². The third-order valence-corrected chi connectivity index (χ3v) is 4.11. The Balaban J connectivity index is 2.14. The average molecular weight is 329 g/mol. The Morgan fingerprint density at radius 1 is 1.08 bits per heavy atom. The molecule has 4 nitrogen and oxygen atoms in total. The van der Waals surface area contributed by atoms with E-state index in [1.54, 1.807) is 19.2 Å². The van der Waals surface area contributed by atoms with Gasteiger partial charge in [-0.1, -0.05) is 31.5 Å². The molecule has 0 spiro atoms. The summed E-state index contributed by atoms with van der Waals surface area (Å²) in [5.41, 5.74) is 8.25. The van der Waals surface area contributed by atoms with Crippen molar-refractivity contribution >= 4 is 0 Å². The fraction of sp³-hybridized carbons (Fsp3) is 0.400.